The molecule has 0 aromatic rings. The van der Waals surface area contributed by atoms with E-state index in [9.17, 15) is 0 Å². The van der Waals surface area contributed by atoms with Crippen molar-refractivity contribution in [1.82, 2.24) is 0 Å². The van der Waals surface area contributed by atoms with Crippen LogP contribution in [0.5, 0.6) is 0 Å². The Hall–Kier alpha value is -0.326. The molecule has 2 atom stereocenters. The van der Waals surface area contributed by atoms with Gasteiger partial charge in [0.25, 0.3) is 0 Å². The quantitative estimate of drug-likeness (QED) is 0.381. The van der Waals surface area contributed by atoms with Gasteiger partial charge in [0.2, 0.25) is 0 Å². The molecule has 0 nitrogen and oxygen atoms in total. The van der Waals surface area contributed by atoms with E-state index in [0.29, 0.717) is 0 Å². The van der Waals surface area contributed by atoms with Crippen molar-refractivity contribution in [3.63, 3.8) is 0 Å². The second-order valence-corrected chi connectivity index (χ2v) is 21.9. The number of hydrogen-bond donors (Lipinski definition) is 0. The predicted octanol–water partition coefficient (Wildman–Crippen LogP) is 9.73. The summed E-state index contributed by atoms with van der Waals surface area (Å²) in [5.41, 5.74) is 3.77. The van der Waals surface area contributed by atoms with Crippen molar-refractivity contribution in [3.8, 4) is 0 Å². The van der Waals surface area contributed by atoms with E-state index in [-0.39, 0.29) is 29.1 Å². The molecule has 2 unspecified atom stereocenters. The van der Waals surface area contributed by atoms with Crippen LogP contribution < -0.4 is 0 Å². The maximum absolute atomic E-state index is 2.71. The third-order valence-electron chi connectivity index (χ3n) is 8.10. The van der Waals surface area contributed by atoms with Crippen LogP contribution in [0.15, 0.2) is 47.6 Å². The Morgan fingerprint density at radius 3 is 1.00 bits per heavy atom. The maximum atomic E-state index is 2.71. The van der Waals surface area contributed by atoms with Gasteiger partial charge in [-0.1, -0.05) is 0 Å². The average molecular weight is 433 g/mol. The molecule has 0 amide bonds. The first-order chi connectivity index (χ1) is 12.6. The molecule has 1 heteroatoms. The van der Waals surface area contributed by atoms with Gasteiger partial charge in [-0.3, -0.25) is 0 Å². The van der Waals surface area contributed by atoms with Crippen LogP contribution in [0.25, 0.3) is 0 Å². The van der Waals surface area contributed by atoms with Crippen LogP contribution in [-0.2, 0) is 16.6 Å². The third kappa shape index (κ3) is 3.76. The van der Waals surface area contributed by atoms with Crippen molar-refractivity contribution >= 4 is 0 Å². The zero-order valence-corrected chi connectivity index (χ0v) is 23.5. The molecular weight excluding hydrogens is 384 g/mol. The van der Waals surface area contributed by atoms with E-state index in [1.807, 2.05) is 0 Å². The second kappa shape index (κ2) is 6.83. The standard InChI is InChI=1S/2C13H21.2CH3.Ti/c2*1-12(2,3)10-7-8-11(9-10)13(4,5)6;;;/h2*7-9H,1-6H3;2*1H3;. The molecule has 2 aliphatic rings. The van der Waals surface area contributed by atoms with Gasteiger partial charge >= 0.3 is 187 Å². The molecule has 0 spiro atoms. The molecule has 2 rings (SSSR count). The van der Waals surface area contributed by atoms with Crippen LogP contribution in [0.1, 0.15) is 83.1 Å². The summed E-state index contributed by atoms with van der Waals surface area (Å²) in [6, 6.07) is 0. The molecule has 0 N–H and O–H groups in total. The fourth-order valence-corrected chi connectivity index (χ4v) is 16.1. The second-order valence-electron chi connectivity index (χ2n) is 14.2. The molecule has 0 saturated carbocycles. The molecular formula is C28H48Ti. The summed E-state index contributed by atoms with van der Waals surface area (Å²) in [5, 5.41) is 5.41. The fraction of sp³-hybridized carbons (Fsp3) is 0.714. The molecule has 0 fully saturated rings. The zero-order valence-electron chi connectivity index (χ0n) is 22.0. The van der Waals surface area contributed by atoms with E-state index < -0.39 is 16.6 Å². The Balaban J connectivity index is 2.85. The zero-order chi connectivity index (χ0) is 22.9. The molecule has 0 aromatic carbocycles. The summed E-state index contributed by atoms with van der Waals surface area (Å²) in [6.45, 7) is 28.9. The van der Waals surface area contributed by atoms with Crippen molar-refractivity contribution in [2.45, 2.75) is 101 Å². The Kier molecular flexibility index (Phi) is 5.88. The first-order valence-electron chi connectivity index (χ1n) is 11.5. The van der Waals surface area contributed by atoms with Crippen LogP contribution in [-0.4, -0.2) is 0 Å². The van der Waals surface area contributed by atoms with E-state index in [4.69, 9.17) is 0 Å². The molecule has 2 aliphatic carbocycles. The van der Waals surface area contributed by atoms with Crippen molar-refractivity contribution in [3.05, 3.63) is 47.6 Å². The van der Waals surface area contributed by atoms with Gasteiger partial charge < -0.3 is 0 Å². The first kappa shape index (κ1) is 24.9. The van der Waals surface area contributed by atoms with Crippen molar-refractivity contribution in [2.24, 2.45) is 21.7 Å². The van der Waals surface area contributed by atoms with Gasteiger partial charge in [0, 0.05) is 0 Å². The Morgan fingerprint density at radius 2 is 0.828 bits per heavy atom. The van der Waals surface area contributed by atoms with Gasteiger partial charge in [0.1, 0.15) is 0 Å². The summed E-state index contributed by atoms with van der Waals surface area (Å²) in [7, 11) is 0. The van der Waals surface area contributed by atoms with Crippen molar-refractivity contribution in [1.29, 1.82) is 0 Å². The fourth-order valence-electron chi connectivity index (χ4n) is 5.99. The number of hydrogen-bond acceptors (Lipinski definition) is 0. The van der Waals surface area contributed by atoms with Gasteiger partial charge in [-0.2, -0.15) is 0 Å². The first-order valence-corrected chi connectivity index (χ1v) is 16.2. The summed E-state index contributed by atoms with van der Waals surface area (Å²) in [4.78, 5) is 0. The number of allylic oxidation sites excluding steroid dienone is 8. The van der Waals surface area contributed by atoms with E-state index in [0.717, 1.165) is 0 Å². The van der Waals surface area contributed by atoms with E-state index in [2.05, 4.69) is 130 Å². The van der Waals surface area contributed by atoms with Crippen LogP contribution >= 0.6 is 0 Å². The predicted molar refractivity (Wildman–Crippen MR) is 129 cm³/mol. The van der Waals surface area contributed by atoms with E-state index in [1.165, 1.54) is 11.1 Å². The van der Waals surface area contributed by atoms with E-state index in [1.54, 1.807) is 0 Å². The molecule has 29 heavy (non-hydrogen) atoms. The third-order valence-corrected chi connectivity index (χ3v) is 17.9. The van der Waals surface area contributed by atoms with Gasteiger partial charge in [0.15, 0.2) is 0 Å². The summed E-state index contributed by atoms with van der Waals surface area (Å²) in [6.07, 6.45) is 15.6. The Bertz CT molecular complexity index is 706. The van der Waals surface area contributed by atoms with Crippen molar-refractivity contribution < 1.29 is 16.6 Å². The summed E-state index contributed by atoms with van der Waals surface area (Å²) >= 11 is -2.66. The SMILES string of the molecule is CC(C)(C)C1=C[C](C(C)(C)C)([Ti]([CH3])([CH3])[C]2(C(C)(C)C)C=CC(C(C)(C)C)=C2)C=C1. The van der Waals surface area contributed by atoms with Gasteiger partial charge in [-0.05, 0) is 0 Å². The monoisotopic (exact) mass is 432 g/mol. The molecule has 0 aromatic heterocycles. The van der Waals surface area contributed by atoms with Crippen LogP contribution in [0.4, 0.5) is 0 Å². The summed E-state index contributed by atoms with van der Waals surface area (Å²) < 4.78 is 0.300. The van der Waals surface area contributed by atoms with E-state index >= 15 is 0 Å². The van der Waals surface area contributed by atoms with Crippen LogP contribution in [0, 0.1) is 21.7 Å². The topological polar surface area (TPSA) is 0 Å². The minimum absolute atomic E-state index is 0.150. The number of rotatable bonds is 2. The molecule has 0 bridgehead atoms. The molecule has 0 saturated heterocycles. The summed E-state index contributed by atoms with van der Waals surface area (Å²) in [5.74, 6) is 0. The molecule has 0 radical (unpaired) electrons. The normalized spacial score (nSPS) is 28.8. The molecule has 0 aliphatic heterocycles. The van der Waals surface area contributed by atoms with Crippen LogP contribution in [0.2, 0.25) is 17.9 Å². The Morgan fingerprint density at radius 1 is 0.552 bits per heavy atom. The molecule has 164 valence electrons. The molecule has 0 heterocycles. The van der Waals surface area contributed by atoms with Gasteiger partial charge in [-0.25, -0.2) is 0 Å². The average Bonchev–Trinajstić information content (AvgIpc) is 3.11. The van der Waals surface area contributed by atoms with Crippen LogP contribution in [0.3, 0.4) is 0 Å². The van der Waals surface area contributed by atoms with Gasteiger partial charge in [-0.15, -0.1) is 0 Å². The van der Waals surface area contributed by atoms with Crippen molar-refractivity contribution in [2.75, 3.05) is 0 Å². The van der Waals surface area contributed by atoms with Gasteiger partial charge in [0.05, 0.1) is 0 Å². The minimum atomic E-state index is -2.66. The Labute approximate surface area is 186 Å².